The molecule has 3 N–H and O–H groups in total. The third-order valence-corrected chi connectivity index (χ3v) is 7.34. The van der Waals surface area contributed by atoms with E-state index in [0.717, 1.165) is 27.3 Å². The van der Waals surface area contributed by atoms with E-state index in [4.69, 9.17) is 10.5 Å². The molecule has 0 saturated carbocycles. The van der Waals surface area contributed by atoms with Gasteiger partial charge in [0.15, 0.2) is 0 Å². The summed E-state index contributed by atoms with van der Waals surface area (Å²) in [6.45, 7) is 6.68. The first kappa shape index (κ1) is 24.7. The van der Waals surface area contributed by atoms with E-state index in [2.05, 4.69) is 5.32 Å². The number of carbonyl (C=O) groups is 3. The van der Waals surface area contributed by atoms with Gasteiger partial charge in [0, 0.05) is 17.1 Å². The van der Waals surface area contributed by atoms with Gasteiger partial charge in [0.1, 0.15) is 11.4 Å². The minimum Gasteiger partial charge on any atom is -0.462 e. The number of esters is 1. The van der Waals surface area contributed by atoms with Crippen molar-refractivity contribution in [2.24, 2.45) is 5.73 Å². The zero-order valence-electron chi connectivity index (χ0n) is 20.2. The Hall–Kier alpha value is -3.43. The molecule has 0 bridgehead atoms. The van der Waals surface area contributed by atoms with Gasteiger partial charge in [0.2, 0.25) is 11.8 Å². The molecule has 184 valence electrons. The number of anilines is 1. The summed E-state index contributed by atoms with van der Waals surface area (Å²) in [5, 5.41) is 4.95. The molecule has 3 aromatic rings. The normalized spacial score (nSPS) is 15.5. The van der Waals surface area contributed by atoms with Crippen LogP contribution in [0.5, 0.6) is 0 Å². The van der Waals surface area contributed by atoms with E-state index in [1.165, 1.54) is 0 Å². The minimum absolute atomic E-state index is 0.0352. The van der Waals surface area contributed by atoms with Crippen LogP contribution < -0.4 is 11.1 Å². The highest BCUT2D eigenvalue weighted by Crippen LogP contribution is 2.30. The second-order valence-corrected chi connectivity index (χ2v) is 9.70. The van der Waals surface area contributed by atoms with Crippen molar-refractivity contribution in [3.05, 3.63) is 74.6 Å². The van der Waals surface area contributed by atoms with E-state index in [-0.39, 0.29) is 19.1 Å². The second kappa shape index (κ2) is 10.5. The lowest BCUT2D eigenvalue weighted by atomic mass is 9.93. The fraction of sp³-hybridized carbons (Fsp3) is 0.346. The Morgan fingerprint density at radius 1 is 1.14 bits per heavy atom. The molecule has 0 fully saturated rings. The van der Waals surface area contributed by atoms with E-state index < -0.39 is 17.9 Å². The number of carbonyl (C=O) groups excluding carboxylic acids is 3. The number of rotatable bonds is 8. The quantitative estimate of drug-likeness (QED) is 0.468. The van der Waals surface area contributed by atoms with Crippen molar-refractivity contribution in [2.75, 3.05) is 18.5 Å². The number of ether oxygens (including phenoxy) is 1. The fourth-order valence-electron chi connectivity index (χ4n) is 4.58. The van der Waals surface area contributed by atoms with Gasteiger partial charge in [-0.2, -0.15) is 0 Å². The molecular formula is C26H30N4O4S. The van der Waals surface area contributed by atoms with Crippen molar-refractivity contribution < 1.29 is 19.1 Å². The molecule has 1 atom stereocenters. The van der Waals surface area contributed by atoms with Crippen LogP contribution in [0.15, 0.2) is 41.8 Å². The minimum atomic E-state index is -0.582. The summed E-state index contributed by atoms with van der Waals surface area (Å²) in [7, 11) is 0. The molecule has 0 spiro atoms. The molecule has 0 saturated heterocycles. The highest BCUT2D eigenvalue weighted by Gasteiger charge is 2.32. The van der Waals surface area contributed by atoms with Crippen LogP contribution in [0, 0.1) is 13.8 Å². The average Bonchev–Trinajstić information content (AvgIpc) is 3.41. The van der Waals surface area contributed by atoms with E-state index in [9.17, 15) is 14.4 Å². The Bertz CT molecular complexity index is 1250. The molecule has 3 heterocycles. The number of aromatic nitrogens is 1. The molecule has 2 aromatic heterocycles. The van der Waals surface area contributed by atoms with Crippen molar-refractivity contribution in [3.63, 3.8) is 0 Å². The summed E-state index contributed by atoms with van der Waals surface area (Å²) in [6, 6.07) is 11.2. The van der Waals surface area contributed by atoms with Gasteiger partial charge < -0.3 is 20.4 Å². The van der Waals surface area contributed by atoms with Gasteiger partial charge in [-0.3, -0.25) is 14.5 Å². The van der Waals surface area contributed by atoms with Crippen LogP contribution in [0.3, 0.4) is 0 Å². The number of hydrogen-bond donors (Lipinski definition) is 2. The lowest BCUT2D eigenvalue weighted by Crippen LogP contribution is -2.51. The lowest BCUT2D eigenvalue weighted by molar-refractivity contribution is -0.125. The number of nitrogens with one attached hydrogen (secondary N) is 1. The Morgan fingerprint density at radius 2 is 1.89 bits per heavy atom. The average molecular weight is 495 g/mol. The van der Waals surface area contributed by atoms with E-state index >= 15 is 0 Å². The standard InChI is InChI=1S/C26H30N4O4S/c1-4-34-26(33)23-16(2)17(3)30(14-20-10-7-11-35-20)25(23)28-22(31)15-29-13-19-9-6-5-8-18(19)12-21(29)24(27)32/h5-11,21H,4,12-15H2,1-3H3,(H2,27,32)(H,28,31)/t21-/m0/s1. The molecule has 2 amide bonds. The summed E-state index contributed by atoms with van der Waals surface area (Å²) in [5.74, 6) is -0.862. The van der Waals surface area contributed by atoms with Gasteiger partial charge in [-0.05, 0) is 55.3 Å². The Balaban J connectivity index is 1.63. The van der Waals surface area contributed by atoms with E-state index in [1.807, 2.05) is 60.2 Å². The highest BCUT2D eigenvalue weighted by atomic mass is 32.1. The zero-order chi connectivity index (χ0) is 25.1. The van der Waals surface area contributed by atoms with Gasteiger partial charge in [-0.1, -0.05) is 30.3 Å². The number of primary amides is 1. The summed E-state index contributed by atoms with van der Waals surface area (Å²) in [4.78, 5) is 41.2. The molecule has 4 rings (SSSR count). The maximum atomic E-state index is 13.3. The summed E-state index contributed by atoms with van der Waals surface area (Å²) >= 11 is 1.60. The first-order valence-electron chi connectivity index (χ1n) is 11.6. The van der Waals surface area contributed by atoms with Crippen LogP contribution in [0.25, 0.3) is 0 Å². The topological polar surface area (TPSA) is 107 Å². The summed E-state index contributed by atoms with van der Waals surface area (Å²) in [6.07, 6.45) is 0.458. The molecule has 0 unspecified atom stereocenters. The van der Waals surface area contributed by atoms with Crippen LogP contribution in [0.4, 0.5) is 5.82 Å². The number of amides is 2. The molecule has 0 radical (unpaired) electrons. The van der Waals surface area contributed by atoms with E-state index in [1.54, 1.807) is 23.2 Å². The SMILES string of the molecule is CCOC(=O)c1c(C)c(C)n(Cc2cccs2)c1NC(=O)CN1Cc2ccccc2C[C@H]1C(N)=O. The number of thiophene rings is 1. The van der Waals surface area contributed by atoms with Crippen molar-refractivity contribution in [1.29, 1.82) is 0 Å². The predicted octanol–water partition coefficient (Wildman–Crippen LogP) is 3.24. The number of fused-ring (bicyclic) bond motifs is 1. The molecule has 0 aliphatic carbocycles. The molecule has 1 aliphatic rings. The zero-order valence-corrected chi connectivity index (χ0v) is 21.0. The van der Waals surface area contributed by atoms with Crippen LogP contribution in [0.1, 0.15) is 44.5 Å². The van der Waals surface area contributed by atoms with Crippen molar-refractivity contribution in [2.45, 2.75) is 46.3 Å². The maximum Gasteiger partial charge on any atom is 0.342 e. The molecule has 35 heavy (non-hydrogen) atoms. The van der Waals surface area contributed by atoms with Gasteiger partial charge in [-0.15, -0.1) is 11.3 Å². The van der Waals surface area contributed by atoms with Crippen LogP contribution >= 0.6 is 11.3 Å². The number of hydrogen-bond acceptors (Lipinski definition) is 6. The third kappa shape index (κ3) is 5.16. The largest absolute Gasteiger partial charge is 0.462 e. The highest BCUT2D eigenvalue weighted by molar-refractivity contribution is 7.09. The monoisotopic (exact) mass is 494 g/mol. The molecular weight excluding hydrogens is 464 g/mol. The number of nitrogens with two attached hydrogens (primary N) is 1. The van der Waals surface area contributed by atoms with Crippen molar-refractivity contribution in [1.82, 2.24) is 9.47 Å². The lowest BCUT2D eigenvalue weighted by Gasteiger charge is -2.34. The van der Waals surface area contributed by atoms with Gasteiger partial charge >= 0.3 is 5.97 Å². The number of benzene rings is 1. The van der Waals surface area contributed by atoms with Crippen LogP contribution in [-0.2, 0) is 33.8 Å². The summed E-state index contributed by atoms with van der Waals surface area (Å²) < 4.78 is 7.23. The number of nitrogens with zero attached hydrogens (tertiary/aromatic N) is 2. The van der Waals surface area contributed by atoms with Gasteiger partial charge in [-0.25, -0.2) is 4.79 Å². The first-order valence-corrected chi connectivity index (χ1v) is 12.5. The Labute approximate surface area is 208 Å². The summed E-state index contributed by atoms with van der Waals surface area (Å²) in [5.41, 5.74) is 9.80. The van der Waals surface area contributed by atoms with Crippen LogP contribution in [0.2, 0.25) is 0 Å². The molecule has 1 aliphatic heterocycles. The van der Waals surface area contributed by atoms with E-state index in [0.29, 0.717) is 30.9 Å². The Morgan fingerprint density at radius 3 is 2.54 bits per heavy atom. The Kier molecular flexibility index (Phi) is 7.37. The van der Waals surface area contributed by atoms with Crippen LogP contribution in [-0.4, -0.2) is 46.4 Å². The van der Waals surface area contributed by atoms with Gasteiger partial charge in [0.05, 0.1) is 25.7 Å². The molecule has 1 aromatic carbocycles. The van der Waals surface area contributed by atoms with Crippen molar-refractivity contribution in [3.8, 4) is 0 Å². The molecule has 8 nitrogen and oxygen atoms in total. The molecule has 9 heteroatoms. The first-order chi connectivity index (χ1) is 16.8. The predicted molar refractivity (Wildman–Crippen MR) is 135 cm³/mol. The second-order valence-electron chi connectivity index (χ2n) is 8.66. The fourth-order valence-corrected chi connectivity index (χ4v) is 5.28. The van der Waals surface area contributed by atoms with Gasteiger partial charge in [0.25, 0.3) is 0 Å². The van der Waals surface area contributed by atoms with Crippen molar-refractivity contribution >= 4 is 34.9 Å². The smallest absolute Gasteiger partial charge is 0.342 e. The third-order valence-electron chi connectivity index (χ3n) is 6.48. The maximum absolute atomic E-state index is 13.3.